The van der Waals surface area contributed by atoms with Crippen LogP contribution in [0.5, 0.6) is 0 Å². The van der Waals surface area contributed by atoms with Gasteiger partial charge in [0.15, 0.2) is 0 Å². The van der Waals surface area contributed by atoms with E-state index in [9.17, 15) is 4.79 Å². The van der Waals surface area contributed by atoms with Crippen molar-refractivity contribution in [1.29, 1.82) is 0 Å². The van der Waals surface area contributed by atoms with Crippen molar-refractivity contribution in [2.24, 2.45) is 0 Å². The second-order valence-corrected chi connectivity index (χ2v) is 6.66. The quantitative estimate of drug-likeness (QED) is 0.874. The van der Waals surface area contributed by atoms with Crippen LogP contribution in [0.3, 0.4) is 0 Å². The van der Waals surface area contributed by atoms with E-state index in [0.717, 1.165) is 24.2 Å². The number of amides is 1. The normalized spacial score (nSPS) is 14.8. The van der Waals surface area contributed by atoms with Crippen molar-refractivity contribution in [2.75, 3.05) is 24.3 Å². The van der Waals surface area contributed by atoms with Gasteiger partial charge in [-0.25, -0.2) is 9.97 Å². The Morgan fingerprint density at radius 3 is 2.36 bits per heavy atom. The molecule has 0 atom stereocenters. The van der Waals surface area contributed by atoms with Crippen molar-refractivity contribution in [3.05, 3.63) is 42.4 Å². The lowest BCUT2D eigenvalue weighted by atomic mass is 9.95. The summed E-state index contributed by atoms with van der Waals surface area (Å²) in [5, 5.41) is 6.25. The molecule has 0 unspecified atom stereocenters. The van der Waals surface area contributed by atoms with Crippen molar-refractivity contribution in [1.82, 2.24) is 15.3 Å². The molecule has 1 fully saturated rings. The summed E-state index contributed by atoms with van der Waals surface area (Å²) >= 11 is 0. The van der Waals surface area contributed by atoms with Gasteiger partial charge in [-0.05, 0) is 37.1 Å². The van der Waals surface area contributed by atoms with E-state index < -0.39 is 0 Å². The van der Waals surface area contributed by atoms with Gasteiger partial charge in [0.25, 0.3) is 5.91 Å². The fourth-order valence-corrected chi connectivity index (χ4v) is 3.01. The molecule has 2 aromatic rings. The molecule has 1 aromatic heterocycles. The number of carbonyl (C=O) groups is 1. The van der Waals surface area contributed by atoms with Crippen molar-refractivity contribution in [3.63, 3.8) is 0 Å². The fourth-order valence-electron chi connectivity index (χ4n) is 3.01. The van der Waals surface area contributed by atoms with Crippen molar-refractivity contribution >= 4 is 23.1 Å². The van der Waals surface area contributed by atoms with E-state index in [2.05, 4.69) is 20.6 Å². The lowest BCUT2D eigenvalue weighted by Gasteiger charge is -2.22. The molecule has 1 aliphatic rings. The zero-order valence-corrected chi connectivity index (χ0v) is 14.8. The van der Waals surface area contributed by atoms with E-state index in [4.69, 9.17) is 0 Å². The van der Waals surface area contributed by atoms with E-state index in [1.165, 1.54) is 25.5 Å². The van der Waals surface area contributed by atoms with Gasteiger partial charge in [0.2, 0.25) is 0 Å². The largest absolute Gasteiger partial charge is 0.378 e. The fraction of sp³-hybridized carbons (Fsp3) is 0.421. The van der Waals surface area contributed by atoms with E-state index in [1.54, 1.807) is 6.20 Å². The summed E-state index contributed by atoms with van der Waals surface area (Å²) in [7, 11) is 4.01. The number of rotatable bonds is 5. The summed E-state index contributed by atoms with van der Waals surface area (Å²) in [6.45, 7) is 0. The summed E-state index contributed by atoms with van der Waals surface area (Å²) in [4.78, 5) is 22.8. The molecular weight excluding hydrogens is 314 g/mol. The highest BCUT2D eigenvalue weighted by molar-refractivity contribution is 5.92. The Balaban J connectivity index is 1.58. The number of nitrogens with one attached hydrogen (secondary N) is 2. The summed E-state index contributed by atoms with van der Waals surface area (Å²) in [5.41, 5.74) is 2.42. The second kappa shape index (κ2) is 7.96. The van der Waals surface area contributed by atoms with Crippen molar-refractivity contribution < 1.29 is 4.79 Å². The van der Waals surface area contributed by atoms with Crippen LogP contribution in [0.4, 0.5) is 17.2 Å². The van der Waals surface area contributed by atoms with Crippen LogP contribution >= 0.6 is 0 Å². The first-order valence-corrected chi connectivity index (χ1v) is 8.79. The molecule has 6 heteroatoms. The molecule has 132 valence electrons. The van der Waals surface area contributed by atoms with Crippen LogP contribution in [0.15, 0.2) is 36.7 Å². The summed E-state index contributed by atoms with van der Waals surface area (Å²) in [5.74, 6) is 0.480. The van der Waals surface area contributed by atoms with Crippen LogP contribution in [0, 0.1) is 0 Å². The monoisotopic (exact) mass is 339 g/mol. The Hall–Kier alpha value is -2.63. The highest BCUT2D eigenvalue weighted by atomic mass is 16.1. The average Bonchev–Trinajstić information content (AvgIpc) is 2.63. The highest BCUT2D eigenvalue weighted by Gasteiger charge is 2.17. The number of carbonyl (C=O) groups excluding carboxylic acids is 1. The third kappa shape index (κ3) is 4.68. The van der Waals surface area contributed by atoms with Crippen LogP contribution in [-0.2, 0) is 0 Å². The topological polar surface area (TPSA) is 70.2 Å². The predicted molar refractivity (Wildman–Crippen MR) is 100 cm³/mol. The Morgan fingerprint density at radius 2 is 1.76 bits per heavy atom. The number of benzene rings is 1. The average molecular weight is 339 g/mol. The minimum absolute atomic E-state index is 0.138. The van der Waals surface area contributed by atoms with Crippen LogP contribution < -0.4 is 15.5 Å². The van der Waals surface area contributed by atoms with Gasteiger partial charge in [-0.3, -0.25) is 4.79 Å². The Labute approximate surface area is 148 Å². The van der Waals surface area contributed by atoms with Crippen LogP contribution in [0.2, 0.25) is 0 Å². The van der Waals surface area contributed by atoms with Gasteiger partial charge in [-0.15, -0.1) is 0 Å². The van der Waals surface area contributed by atoms with Crippen LogP contribution in [-0.4, -0.2) is 36.0 Å². The van der Waals surface area contributed by atoms with Crippen molar-refractivity contribution in [2.45, 2.75) is 38.1 Å². The number of hydrogen-bond donors (Lipinski definition) is 2. The number of aromatic nitrogens is 2. The smallest absolute Gasteiger partial charge is 0.271 e. The number of hydrogen-bond acceptors (Lipinski definition) is 5. The third-order valence-corrected chi connectivity index (χ3v) is 4.48. The summed E-state index contributed by atoms with van der Waals surface area (Å²) in [6.07, 6.45) is 8.87. The molecule has 3 rings (SSSR count). The molecule has 1 amide bonds. The first kappa shape index (κ1) is 17.2. The molecule has 6 nitrogen and oxygen atoms in total. The van der Waals surface area contributed by atoms with Gasteiger partial charge in [0.1, 0.15) is 11.5 Å². The molecule has 0 radical (unpaired) electrons. The summed E-state index contributed by atoms with van der Waals surface area (Å²) < 4.78 is 0. The molecular formula is C19H25N5O. The van der Waals surface area contributed by atoms with E-state index >= 15 is 0 Å². The van der Waals surface area contributed by atoms with Gasteiger partial charge in [0.05, 0.1) is 12.4 Å². The summed E-state index contributed by atoms with van der Waals surface area (Å²) in [6, 6.07) is 8.31. The van der Waals surface area contributed by atoms with E-state index in [-0.39, 0.29) is 11.9 Å². The first-order chi connectivity index (χ1) is 12.1. The van der Waals surface area contributed by atoms with Crippen LogP contribution in [0.25, 0.3) is 0 Å². The van der Waals surface area contributed by atoms with Gasteiger partial charge in [-0.1, -0.05) is 19.3 Å². The maximum atomic E-state index is 12.2. The van der Waals surface area contributed by atoms with Gasteiger partial charge in [0, 0.05) is 31.5 Å². The van der Waals surface area contributed by atoms with Gasteiger partial charge < -0.3 is 15.5 Å². The maximum absolute atomic E-state index is 12.2. The van der Waals surface area contributed by atoms with E-state index in [0.29, 0.717) is 11.5 Å². The minimum atomic E-state index is -0.138. The molecule has 2 N–H and O–H groups in total. The zero-order chi connectivity index (χ0) is 17.6. The Morgan fingerprint density at radius 1 is 1.04 bits per heavy atom. The minimum Gasteiger partial charge on any atom is -0.378 e. The molecule has 0 saturated heterocycles. The van der Waals surface area contributed by atoms with Gasteiger partial charge in [-0.2, -0.15) is 0 Å². The Kier molecular flexibility index (Phi) is 5.48. The molecule has 0 spiro atoms. The Bertz CT molecular complexity index is 691. The zero-order valence-electron chi connectivity index (χ0n) is 14.8. The lowest BCUT2D eigenvalue weighted by molar-refractivity contribution is 0.0922. The standard InChI is InChI=1S/C19H25N5O/c1-24(2)16-10-8-15(9-11-16)22-18-13-20-17(12-21-18)19(25)23-14-6-4-3-5-7-14/h8-14H,3-7H2,1-2H3,(H,21,22)(H,23,25). The molecule has 0 bridgehead atoms. The molecule has 1 aliphatic carbocycles. The maximum Gasteiger partial charge on any atom is 0.271 e. The van der Waals surface area contributed by atoms with Crippen molar-refractivity contribution in [3.8, 4) is 0 Å². The van der Waals surface area contributed by atoms with Gasteiger partial charge >= 0.3 is 0 Å². The highest BCUT2D eigenvalue weighted by Crippen LogP contribution is 2.19. The molecule has 1 saturated carbocycles. The number of anilines is 3. The van der Waals surface area contributed by atoms with E-state index in [1.807, 2.05) is 43.3 Å². The molecule has 1 aromatic carbocycles. The molecule has 0 aliphatic heterocycles. The number of nitrogens with zero attached hydrogens (tertiary/aromatic N) is 3. The SMILES string of the molecule is CN(C)c1ccc(Nc2cnc(C(=O)NC3CCCCC3)cn2)cc1. The predicted octanol–water partition coefficient (Wildman–Crippen LogP) is 3.35. The third-order valence-electron chi connectivity index (χ3n) is 4.48. The molecule has 25 heavy (non-hydrogen) atoms. The van der Waals surface area contributed by atoms with Crippen LogP contribution in [0.1, 0.15) is 42.6 Å². The molecule has 1 heterocycles. The lowest BCUT2D eigenvalue weighted by Crippen LogP contribution is -2.36. The first-order valence-electron chi connectivity index (χ1n) is 8.79. The second-order valence-electron chi connectivity index (χ2n) is 6.66.